The molecule has 0 unspecified atom stereocenters. The number of anilines is 2. The minimum absolute atomic E-state index is 0.0515. The molecule has 0 aliphatic heterocycles. The van der Waals surface area contributed by atoms with Gasteiger partial charge in [-0.25, -0.2) is 9.37 Å². The fraction of sp³-hybridized carbons (Fsp3) is 0.263. The van der Waals surface area contributed by atoms with Crippen LogP contribution in [0.2, 0.25) is 0 Å². The molecule has 0 atom stereocenters. The molecule has 25 heavy (non-hydrogen) atoms. The Morgan fingerprint density at radius 3 is 2.52 bits per heavy atom. The van der Waals surface area contributed by atoms with Crippen molar-refractivity contribution in [2.75, 3.05) is 5.32 Å². The molecule has 0 fully saturated rings. The standard InChI is InChI=1S/C17H17FN4O.C2H6/c1-9-4-5-12(10(2)6-9)21-15-11(17(19)23)7-13-16(14(15)18)20-8-22(13)3;1-2/h4-8,21H,1-3H3,(H2,19,23);1-2H3. The fourth-order valence-corrected chi connectivity index (χ4v) is 2.63. The highest BCUT2D eigenvalue weighted by atomic mass is 19.1. The maximum absolute atomic E-state index is 14.9. The third-order valence-electron chi connectivity index (χ3n) is 3.87. The molecule has 6 heteroatoms. The summed E-state index contributed by atoms with van der Waals surface area (Å²) >= 11 is 0. The smallest absolute Gasteiger partial charge is 0.251 e. The second-order valence-corrected chi connectivity index (χ2v) is 5.64. The summed E-state index contributed by atoms with van der Waals surface area (Å²) in [4.78, 5) is 15.8. The van der Waals surface area contributed by atoms with E-state index in [-0.39, 0.29) is 16.8 Å². The van der Waals surface area contributed by atoms with Crippen molar-refractivity contribution in [3.05, 3.63) is 53.1 Å². The van der Waals surface area contributed by atoms with Crippen molar-refractivity contribution < 1.29 is 9.18 Å². The molecule has 0 spiro atoms. The van der Waals surface area contributed by atoms with Gasteiger partial charge in [-0.1, -0.05) is 31.5 Å². The zero-order chi connectivity index (χ0) is 18.7. The van der Waals surface area contributed by atoms with Crippen molar-refractivity contribution in [1.29, 1.82) is 0 Å². The first-order valence-electron chi connectivity index (χ1n) is 8.16. The van der Waals surface area contributed by atoms with Crippen LogP contribution in [0.3, 0.4) is 0 Å². The molecule has 3 rings (SSSR count). The Kier molecular flexibility index (Phi) is 5.41. The number of nitrogens with two attached hydrogens (primary N) is 1. The maximum Gasteiger partial charge on any atom is 0.251 e. The number of fused-ring (bicyclic) bond motifs is 1. The Hall–Kier alpha value is -2.89. The number of carbonyl (C=O) groups is 1. The summed E-state index contributed by atoms with van der Waals surface area (Å²) in [5.74, 6) is -1.28. The van der Waals surface area contributed by atoms with Gasteiger partial charge in [-0.05, 0) is 31.5 Å². The lowest BCUT2D eigenvalue weighted by Crippen LogP contribution is -2.15. The molecule has 1 heterocycles. The number of primary amides is 1. The number of halogens is 1. The summed E-state index contributed by atoms with van der Waals surface area (Å²) in [6.45, 7) is 7.89. The van der Waals surface area contributed by atoms with E-state index in [1.807, 2.05) is 45.9 Å². The average Bonchev–Trinajstić information content (AvgIpc) is 2.95. The van der Waals surface area contributed by atoms with E-state index < -0.39 is 11.7 Å². The molecule has 0 aliphatic carbocycles. The molecule has 0 radical (unpaired) electrons. The molecule has 0 saturated heterocycles. The number of hydrogen-bond acceptors (Lipinski definition) is 3. The molecule has 0 saturated carbocycles. The monoisotopic (exact) mass is 342 g/mol. The van der Waals surface area contributed by atoms with Crippen LogP contribution in [0.5, 0.6) is 0 Å². The summed E-state index contributed by atoms with van der Waals surface area (Å²) in [7, 11) is 1.73. The molecule has 0 bridgehead atoms. The summed E-state index contributed by atoms with van der Waals surface area (Å²) in [6, 6.07) is 7.29. The first-order valence-corrected chi connectivity index (χ1v) is 8.16. The molecule has 3 aromatic rings. The van der Waals surface area contributed by atoms with Gasteiger partial charge in [-0.2, -0.15) is 0 Å². The highest BCUT2D eigenvalue weighted by Crippen LogP contribution is 2.31. The largest absolute Gasteiger partial charge is 0.366 e. The van der Waals surface area contributed by atoms with Crippen LogP contribution >= 0.6 is 0 Å². The number of carbonyl (C=O) groups excluding carboxylic acids is 1. The van der Waals surface area contributed by atoms with E-state index in [9.17, 15) is 9.18 Å². The molecular formula is C19H23FN4O. The lowest BCUT2D eigenvalue weighted by atomic mass is 10.1. The number of rotatable bonds is 3. The Bertz CT molecular complexity index is 931. The maximum atomic E-state index is 14.9. The number of imidazole rings is 1. The van der Waals surface area contributed by atoms with Crippen LogP contribution in [0.25, 0.3) is 11.0 Å². The summed E-state index contributed by atoms with van der Waals surface area (Å²) in [5.41, 5.74) is 9.06. The number of aromatic nitrogens is 2. The molecule has 1 amide bonds. The Balaban J connectivity index is 0.00000109. The highest BCUT2D eigenvalue weighted by molar-refractivity contribution is 6.03. The zero-order valence-corrected chi connectivity index (χ0v) is 15.1. The van der Waals surface area contributed by atoms with Gasteiger partial charge in [-0.3, -0.25) is 4.79 Å². The molecular weight excluding hydrogens is 319 g/mol. The highest BCUT2D eigenvalue weighted by Gasteiger charge is 2.20. The zero-order valence-electron chi connectivity index (χ0n) is 15.1. The molecule has 132 valence electrons. The van der Waals surface area contributed by atoms with Gasteiger partial charge >= 0.3 is 0 Å². The first kappa shape index (κ1) is 18.4. The number of nitrogens with one attached hydrogen (secondary N) is 1. The van der Waals surface area contributed by atoms with Gasteiger partial charge < -0.3 is 15.6 Å². The van der Waals surface area contributed by atoms with Crippen molar-refractivity contribution in [3.8, 4) is 0 Å². The van der Waals surface area contributed by atoms with Crippen molar-refractivity contribution in [3.63, 3.8) is 0 Å². The number of benzene rings is 2. The topological polar surface area (TPSA) is 72.9 Å². The van der Waals surface area contributed by atoms with Crippen molar-refractivity contribution >= 4 is 28.3 Å². The second-order valence-electron chi connectivity index (χ2n) is 5.64. The number of nitrogens with zero attached hydrogens (tertiary/aromatic N) is 2. The average molecular weight is 342 g/mol. The predicted octanol–water partition coefficient (Wildman–Crippen LogP) is 4.20. The van der Waals surface area contributed by atoms with E-state index in [1.54, 1.807) is 17.7 Å². The van der Waals surface area contributed by atoms with Crippen molar-refractivity contribution in [1.82, 2.24) is 9.55 Å². The quantitative estimate of drug-likeness (QED) is 0.749. The van der Waals surface area contributed by atoms with E-state index in [4.69, 9.17) is 5.73 Å². The van der Waals surface area contributed by atoms with Crippen LogP contribution in [0.1, 0.15) is 35.3 Å². The van der Waals surface area contributed by atoms with Gasteiger partial charge in [0.1, 0.15) is 5.52 Å². The molecule has 1 aromatic heterocycles. The van der Waals surface area contributed by atoms with Crippen LogP contribution in [-0.4, -0.2) is 15.5 Å². The van der Waals surface area contributed by atoms with Gasteiger partial charge in [0.15, 0.2) is 5.82 Å². The van der Waals surface area contributed by atoms with Crippen LogP contribution in [-0.2, 0) is 7.05 Å². The minimum Gasteiger partial charge on any atom is -0.366 e. The number of amides is 1. The van der Waals surface area contributed by atoms with E-state index in [1.165, 1.54) is 6.33 Å². The second kappa shape index (κ2) is 7.34. The molecule has 3 N–H and O–H groups in total. The van der Waals surface area contributed by atoms with Crippen molar-refractivity contribution in [2.45, 2.75) is 27.7 Å². The predicted molar refractivity (Wildman–Crippen MR) is 99.7 cm³/mol. The van der Waals surface area contributed by atoms with Gasteiger partial charge in [0, 0.05) is 12.7 Å². The van der Waals surface area contributed by atoms with E-state index in [0.29, 0.717) is 11.2 Å². The lowest BCUT2D eigenvalue weighted by molar-refractivity contribution is 0.100. The SMILES string of the molecule is CC.Cc1ccc(Nc2c(C(N)=O)cc3c(ncn3C)c2F)c(C)c1. The van der Waals surface area contributed by atoms with E-state index >= 15 is 0 Å². The molecule has 2 aromatic carbocycles. The lowest BCUT2D eigenvalue weighted by Gasteiger charge is -2.14. The van der Waals surface area contributed by atoms with Crippen molar-refractivity contribution in [2.24, 2.45) is 12.8 Å². The first-order chi connectivity index (χ1) is 11.9. The summed E-state index contributed by atoms with van der Waals surface area (Å²) < 4.78 is 16.5. The van der Waals surface area contributed by atoms with Crippen LogP contribution in [0.15, 0.2) is 30.6 Å². The summed E-state index contributed by atoms with van der Waals surface area (Å²) in [5, 5.41) is 2.99. The van der Waals surface area contributed by atoms with Gasteiger partial charge in [0.2, 0.25) is 0 Å². The van der Waals surface area contributed by atoms with Gasteiger partial charge in [-0.15, -0.1) is 0 Å². The third-order valence-corrected chi connectivity index (χ3v) is 3.87. The minimum atomic E-state index is -0.695. The van der Waals surface area contributed by atoms with Crippen LogP contribution in [0.4, 0.5) is 15.8 Å². The van der Waals surface area contributed by atoms with Gasteiger partial charge in [0.25, 0.3) is 5.91 Å². The molecule has 0 aliphatic rings. The normalized spacial score (nSPS) is 10.3. The summed E-state index contributed by atoms with van der Waals surface area (Å²) in [6.07, 6.45) is 1.50. The number of hydrogen-bond donors (Lipinski definition) is 2. The van der Waals surface area contributed by atoms with Gasteiger partial charge in [0.05, 0.1) is 23.1 Å². The van der Waals surface area contributed by atoms with E-state index in [0.717, 1.165) is 11.1 Å². The van der Waals surface area contributed by atoms with E-state index in [2.05, 4.69) is 10.3 Å². The Morgan fingerprint density at radius 1 is 1.24 bits per heavy atom. The fourth-order valence-electron chi connectivity index (χ4n) is 2.63. The number of aryl methyl sites for hydroxylation is 3. The third kappa shape index (κ3) is 3.47. The van der Waals surface area contributed by atoms with Crippen LogP contribution < -0.4 is 11.1 Å². The Morgan fingerprint density at radius 2 is 1.92 bits per heavy atom. The van der Waals surface area contributed by atoms with Crippen LogP contribution in [0, 0.1) is 19.7 Å². The Labute approximate surface area is 146 Å². The molecule has 5 nitrogen and oxygen atoms in total.